The molecule has 2 aromatic heterocycles. The van der Waals surface area contributed by atoms with Gasteiger partial charge < -0.3 is 15.6 Å². The molecule has 0 aliphatic carbocycles. The Hall–Kier alpha value is -2.71. The van der Waals surface area contributed by atoms with Crippen LogP contribution in [0.4, 0.5) is 0 Å². The molecule has 0 spiro atoms. The maximum absolute atomic E-state index is 12.0. The number of primary amides is 1. The van der Waals surface area contributed by atoms with E-state index in [1.165, 1.54) is 0 Å². The number of hydrogen-bond donors (Lipinski definition) is 2. The molecule has 0 aromatic carbocycles. The molecule has 106 valence electrons. The molecule has 9 heteroatoms. The summed E-state index contributed by atoms with van der Waals surface area (Å²) >= 11 is 0. The van der Waals surface area contributed by atoms with Crippen LogP contribution >= 0.6 is 0 Å². The largest absolute Gasteiger partial charge is 0.363 e. The van der Waals surface area contributed by atoms with Gasteiger partial charge in [0.2, 0.25) is 11.8 Å². The van der Waals surface area contributed by atoms with Crippen LogP contribution in [0.25, 0.3) is 0 Å². The van der Waals surface area contributed by atoms with Crippen molar-refractivity contribution < 1.29 is 14.1 Å². The molecular formula is C11H14N6O3. The number of carbonyl (C=O) groups is 2. The first-order valence-corrected chi connectivity index (χ1v) is 6.01. The Morgan fingerprint density at radius 2 is 2.35 bits per heavy atom. The summed E-state index contributed by atoms with van der Waals surface area (Å²) in [6, 6.07) is 1.33. The van der Waals surface area contributed by atoms with E-state index >= 15 is 0 Å². The lowest BCUT2D eigenvalue weighted by Crippen LogP contribution is -2.32. The smallest absolute Gasteiger partial charge is 0.290 e. The molecule has 0 aliphatic rings. The van der Waals surface area contributed by atoms with E-state index in [-0.39, 0.29) is 24.2 Å². The van der Waals surface area contributed by atoms with Crippen molar-refractivity contribution in [1.82, 2.24) is 25.2 Å². The summed E-state index contributed by atoms with van der Waals surface area (Å²) in [5.41, 5.74) is 4.99. The van der Waals surface area contributed by atoms with E-state index < -0.39 is 11.9 Å². The Morgan fingerprint density at radius 1 is 1.55 bits per heavy atom. The zero-order valence-corrected chi connectivity index (χ0v) is 10.8. The minimum atomic E-state index is -0.783. The van der Waals surface area contributed by atoms with Crippen LogP contribution in [-0.2, 0) is 11.3 Å². The second kappa shape index (κ2) is 5.95. The van der Waals surface area contributed by atoms with Gasteiger partial charge in [0.05, 0.1) is 6.54 Å². The minimum Gasteiger partial charge on any atom is -0.363 e. The highest BCUT2D eigenvalue weighted by Gasteiger charge is 2.19. The Kier molecular flexibility index (Phi) is 4.08. The fourth-order valence-corrected chi connectivity index (χ4v) is 1.66. The number of aromatic nitrogens is 4. The van der Waals surface area contributed by atoms with Gasteiger partial charge in [-0.2, -0.15) is 10.1 Å². The van der Waals surface area contributed by atoms with Crippen LogP contribution in [0, 0.1) is 0 Å². The molecule has 2 aromatic rings. The minimum absolute atomic E-state index is 0.0247. The molecule has 1 unspecified atom stereocenters. The molecule has 20 heavy (non-hydrogen) atoms. The summed E-state index contributed by atoms with van der Waals surface area (Å²) in [6.07, 6.45) is 3.91. The van der Waals surface area contributed by atoms with E-state index in [9.17, 15) is 9.59 Å². The molecule has 0 saturated carbocycles. The van der Waals surface area contributed by atoms with E-state index in [2.05, 4.69) is 20.6 Å². The van der Waals surface area contributed by atoms with Gasteiger partial charge in [-0.3, -0.25) is 14.3 Å². The second-order valence-corrected chi connectivity index (χ2v) is 4.00. The SMILES string of the molecule is CCC(C(=O)NCc1nc(C(N)=O)no1)n1cccn1. The van der Waals surface area contributed by atoms with Crippen molar-refractivity contribution in [2.24, 2.45) is 5.73 Å². The number of amides is 2. The lowest BCUT2D eigenvalue weighted by atomic mass is 10.2. The van der Waals surface area contributed by atoms with E-state index in [0.29, 0.717) is 6.42 Å². The number of hydrogen-bond acceptors (Lipinski definition) is 6. The van der Waals surface area contributed by atoms with Crippen molar-refractivity contribution in [3.05, 3.63) is 30.2 Å². The third kappa shape index (κ3) is 2.99. The first-order chi connectivity index (χ1) is 9.61. The zero-order valence-electron chi connectivity index (χ0n) is 10.8. The molecule has 0 bridgehead atoms. The summed E-state index contributed by atoms with van der Waals surface area (Å²) in [7, 11) is 0. The summed E-state index contributed by atoms with van der Waals surface area (Å²) in [5, 5.41) is 10.1. The maximum Gasteiger partial charge on any atom is 0.290 e. The Morgan fingerprint density at radius 3 is 2.90 bits per heavy atom. The number of carbonyl (C=O) groups excluding carboxylic acids is 2. The topological polar surface area (TPSA) is 129 Å². The highest BCUT2D eigenvalue weighted by atomic mass is 16.5. The van der Waals surface area contributed by atoms with Crippen molar-refractivity contribution in [2.75, 3.05) is 0 Å². The van der Waals surface area contributed by atoms with E-state index in [1.54, 1.807) is 23.1 Å². The standard InChI is InChI=1S/C11H14N6O3/c1-2-7(17-5-3-4-14-17)11(19)13-6-8-15-10(9(12)18)16-20-8/h3-5,7H,2,6H2,1H3,(H2,12,18)(H,13,19). The fraction of sp³-hybridized carbons (Fsp3) is 0.364. The van der Waals surface area contributed by atoms with Gasteiger partial charge in [0, 0.05) is 12.4 Å². The van der Waals surface area contributed by atoms with Gasteiger partial charge in [-0.05, 0) is 12.5 Å². The van der Waals surface area contributed by atoms with Crippen molar-refractivity contribution in [3.8, 4) is 0 Å². The summed E-state index contributed by atoms with van der Waals surface area (Å²) in [5.74, 6) is -1.11. The lowest BCUT2D eigenvalue weighted by molar-refractivity contribution is -0.125. The number of nitrogens with one attached hydrogen (secondary N) is 1. The predicted octanol–water partition coefficient (Wildman–Crippen LogP) is -0.367. The molecule has 0 radical (unpaired) electrons. The first kappa shape index (κ1) is 13.7. The van der Waals surface area contributed by atoms with Crippen LogP contribution < -0.4 is 11.1 Å². The Balaban J connectivity index is 1.95. The van der Waals surface area contributed by atoms with E-state index in [0.717, 1.165) is 0 Å². The Bertz CT molecular complexity index is 591. The molecular weight excluding hydrogens is 264 g/mol. The number of rotatable bonds is 6. The average Bonchev–Trinajstić information content (AvgIpc) is 3.08. The molecule has 1 atom stereocenters. The van der Waals surface area contributed by atoms with Crippen LogP contribution in [0.1, 0.15) is 35.9 Å². The molecule has 2 rings (SSSR count). The highest BCUT2D eigenvalue weighted by Crippen LogP contribution is 2.09. The zero-order chi connectivity index (χ0) is 14.5. The van der Waals surface area contributed by atoms with Gasteiger partial charge in [0.15, 0.2) is 0 Å². The molecule has 2 heterocycles. The van der Waals surface area contributed by atoms with E-state index in [1.807, 2.05) is 6.92 Å². The summed E-state index contributed by atoms with van der Waals surface area (Å²) in [6.45, 7) is 1.90. The monoisotopic (exact) mass is 278 g/mol. The summed E-state index contributed by atoms with van der Waals surface area (Å²) in [4.78, 5) is 26.6. The third-order valence-corrected chi connectivity index (χ3v) is 2.64. The second-order valence-electron chi connectivity index (χ2n) is 4.00. The van der Waals surface area contributed by atoms with Crippen molar-refractivity contribution in [1.29, 1.82) is 0 Å². The normalized spacial score (nSPS) is 12.1. The molecule has 0 aliphatic heterocycles. The third-order valence-electron chi connectivity index (χ3n) is 2.64. The van der Waals surface area contributed by atoms with Crippen LogP contribution in [0.2, 0.25) is 0 Å². The van der Waals surface area contributed by atoms with Gasteiger partial charge in [0.25, 0.3) is 11.7 Å². The summed E-state index contributed by atoms with van der Waals surface area (Å²) < 4.78 is 6.35. The Labute approximate surface area is 114 Å². The van der Waals surface area contributed by atoms with Gasteiger partial charge >= 0.3 is 0 Å². The fourth-order valence-electron chi connectivity index (χ4n) is 1.66. The maximum atomic E-state index is 12.0. The number of nitrogens with two attached hydrogens (primary N) is 1. The molecule has 2 amide bonds. The highest BCUT2D eigenvalue weighted by molar-refractivity contribution is 5.88. The van der Waals surface area contributed by atoms with Crippen LogP contribution in [0.15, 0.2) is 23.0 Å². The molecule has 0 fully saturated rings. The number of nitrogens with zero attached hydrogens (tertiary/aromatic N) is 4. The van der Waals surface area contributed by atoms with Crippen LogP contribution in [0.3, 0.4) is 0 Å². The molecule has 9 nitrogen and oxygen atoms in total. The van der Waals surface area contributed by atoms with Gasteiger partial charge in [-0.1, -0.05) is 12.1 Å². The lowest BCUT2D eigenvalue weighted by Gasteiger charge is -2.14. The van der Waals surface area contributed by atoms with Crippen molar-refractivity contribution in [2.45, 2.75) is 25.9 Å². The van der Waals surface area contributed by atoms with Crippen LogP contribution in [-0.4, -0.2) is 31.7 Å². The van der Waals surface area contributed by atoms with E-state index in [4.69, 9.17) is 10.3 Å². The average molecular weight is 278 g/mol. The van der Waals surface area contributed by atoms with Gasteiger partial charge in [-0.25, -0.2) is 0 Å². The quantitative estimate of drug-likeness (QED) is 0.741. The molecule has 0 saturated heterocycles. The predicted molar refractivity (Wildman–Crippen MR) is 66.2 cm³/mol. The van der Waals surface area contributed by atoms with Crippen molar-refractivity contribution >= 4 is 11.8 Å². The van der Waals surface area contributed by atoms with Gasteiger partial charge in [-0.15, -0.1) is 0 Å². The first-order valence-electron chi connectivity index (χ1n) is 6.01. The van der Waals surface area contributed by atoms with Gasteiger partial charge in [0.1, 0.15) is 6.04 Å². The van der Waals surface area contributed by atoms with Crippen LogP contribution in [0.5, 0.6) is 0 Å². The van der Waals surface area contributed by atoms with Crippen molar-refractivity contribution in [3.63, 3.8) is 0 Å². The molecule has 3 N–H and O–H groups in total.